The van der Waals surface area contributed by atoms with E-state index in [0.29, 0.717) is 0 Å². The molecule has 0 aliphatic carbocycles. The van der Waals surface area contributed by atoms with Gasteiger partial charge >= 0.3 is 0 Å². The molecule has 1 N–H and O–H groups in total. The predicted molar refractivity (Wildman–Crippen MR) is 83.0 cm³/mol. The molecule has 1 aromatic rings. The summed E-state index contributed by atoms with van der Waals surface area (Å²) in [6.45, 7) is 11.8. The van der Waals surface area contributed by atoms with Gasteiger partial charge in [0, 0.05) is 0 Å². The Kier molecular flexibility index (Phi) is 6.93. The van der Waals surface area contributed by atoms with E-state index >= 15 is 0 Å². The fourth-order valence-electron chi connectivity index (χ4n) is 2.10. The van der Waals surface area contributed by atoms with Crippen LogP contribution in [0.15, 0.2) is 24.3 Å². The summed E-state index contributed by atoms with van der Waals surface area (Å²) in [4.78, 5) is 0. The second kappa shape index (κ2) is 8.21. The normalized spacial score (nSPS) is 11.6. The van der Waals surface area contributed by atoms with Gasteiger partial charge in [0.2, 0.25) is 0 Å². The van der Waals surface area contributed by atoms with E-state index in [-0.39, 0.29) is 5.41 Å². The molecule has 2 heteroatoms. The van der Waals surface area contributed by atoms with Crippen LogP contribution in [0.3, 0.4) is 0 Å². The predicted octanol–water partition coefficient (Wildman–Crippen LogP) is 4.14. The number of unbranched alkanes of at least 4 members (excludes halogenated alkanes) is 2. The first-order valence-electron chi connectivity index (χ1n) is 7.48. The van der Waals surface area contributed by atoms with Crippen molar-refractivity contribution in [2.45, 2.75) is 52.4 Å². The van der Waals surface area contributed by atoms with Crippen LogP contribution >= 0.6 is 0 Å². The minimum atomic E-state index is 0.141. The molecule has 0 atom stereocenters. The number of rotatable bonds is 8. The number of ether oxygens (including phenoxy) is 1. The van der Waals surface area contributed by atoms with Crippen LogP contribution in [0.5, 0.6) is 5.75 Å². The first-order valence-corrected chi connectivity index (χ1v) is 7.48. The zero-order valence-corrected chi connectivity index (χ0v) is 13.0. The van der Waals surface area contributed by atoms with Gasteiger partial charge in [-0.25, -0.2) is 0 Å². The second-order valence-electron chi connectivity index (χ2n) is 6.01. The molecule has 0 saturated carbocycles. The van der Waals surface area contributed by atoms with Crippen molar-refractivity contribution < 1.29 is 4.74 Å². The number of para-hydroxylation sites is 1. The fraction of sp³-hybridized carbons (Fsp3) is 0.647. The lowest BCUT2D eigenvalue weighted by atomic mass is 9.86. The molecule has 0 heterocycles. The van der Waals surface area contributed by atoms with Crippen LogP contribution in [-0.2, 0) is 5.41 Å². The third kappa shape index (κ3) is 6.11. The van der Waals surface area contributed by atoms with Crippen molar-refractivity contribution in [2.24, 2.45) is 0 Å². The van der Waals surface area contributed by atoms with Crippen molar-refractivity contribution in [1.82, 2.24) is 5.32 Å². The van der Waals surface area contributed by atoms with Crippen LogP contribution in [-0.4, -0.2) is 19.7 Å². The highest BCUT2D eigenvalue weighted by molar-refractivity contribution is 5.38. The third-order valence-electron chi connectivity index (χ3n) is 3.20. The SMILES string of the molecule is CCNCCCCCOc1ccccc1C(C)(C)C. The molecule has 0 fully saturated rings. The van der Waals surface area contributed by atoms with Gasteiger partial charge in [-0.1, -0.05) is 45.9 Å². The number of nitrogens with one attached hydrogen (secondary N) is 1. The van der Waals surface area contributed by atoms with Crippen molar-refractivity contribution in [1.29, 1.82) is 0 Å². The molecule has 1 rings (SSSR count). The van der Waals surface area contributed by atoms with Gasteiger partial charge in [0.15, 0.2) is 0 Å². The van der Waals surface area contributed by atoms with Gasteiger partial charge in [0.1, 0.15) is 5.75 Å². The van der Waals surface area contributed by atoms with Crippen LogP contribution in [0, 0.1) is 0 Å². The smallest absolute Gasteiger partial charge is 0.123 e. The van der Waals surface area contributed by atoms with Gasteiger partial charge in [-0.15, -0.1) is 0 Å². The first kappa shape index (κ1) is 16.0. The van der Waals surface area contributed by atoms with E-state index in [1.807, 2.05) is 0 Å². The topological polar surface area (TPSA) is 21.3 Å². The van der Waals surface area contributed by atoms with Crippen LogP contribution in [0.4, 0.5) is 0 Å². The standard InChI is InChI=1S/C17H29NO/c1-5-18-13-9-6-10-14-19-16-12-8-7-11-15(16)17(2,3)4/h7-8,11-12,18H,5-6,9-10,13-14H2,1-4H3. The van der Waals surface area contributed by atoms with E-state index < -0.39 is 0 Å². The van der Waals surface area contributed by atoms with Gasteiger partial charge in [0.05, 0.1) is 6.61 Å². The first-order chi connectivity index (χ1) is 9.05. The lowest BCUT2D eigenvalue weighted by Gasteiger charge is -2.22. The van der Waals surface area contributed by atoms with Crippen molar-refractivity contribution in [3.8, 4) is 5.75 Å². The van der Waals surface area contributed by atoms with E-state index in [1.165, 1.54) is 18.4 Å². The monoisotopic (exact) mass is 263 g/mol. The number of hydrogen-bond acceptors (Lipinski definition) is 2. The van der Waals surface area contributed by atoms with Crippen LogP contribution in [0.1, 0.15) is 52.5 Å². The Morgan fingerprint density at radius 2 is 1.79 bits per heavy atom. The number of hydrogen-bond donors (Lipinski definition) is 1. The maximum absolute atomic E-state index is 5.95. The van der Waals surface area contributed by atoms with Gasteiger partial charge in [-0.2, -0.15) is 0 Å². The highest BCUT2D eigenvalue weighted by Gasteiger charge is 2.17. The van der Waals surface area contributed by atoms with Crippen molar-refractivity contribution in [3.05, 3.63) is 29.8 Å². The summed E-state index contributed by atoms with van der Waals surface area (Å²) in [6.07, 6.45) is 3.59. The Hall–Kier alpha value is -1.02. The molecule has 0 radical (unpaired) electrons. The molecule has 19 heavy (non-hydrogen) atoms. The molecular formula is C17H29NO. The molecule has 0 aliphatic heterocycles. The summed E-state index contributed by atoms with van der Waals surface area (Å²) in [7, 11) is 0. The zero-order valence-electron chi connectivity index (χ0n) is 13.0. The highest BCUT2D eigenvalue weighted by atomic mass is 16.5. The molecule has 0 saturated heterocycles. The van der Waals surface area contributed by atoms with E-state index in [2.05, 4.69) is 57.3 Å². The zero-order chi connectivity index (χ0) is 14.1. The van der Waals surface area contributed by atoms with E-state index in [0.717, 1.165) is 31.9 Å². The molecular weight excluding hydrogens is 234 g/mol. The quantitative estimate of drug-likeness (QED) is 0.712. The lowest BCUT2D eigenvalue weighted by molar-refractivity contribution is 0.297. The Balaban J connectivity index is 2.33. The summed E-state index contributed by atoms with van der Waals surface area (Å²) in [5.41, 5.74) is 1.43. The Bertz CT molecular complexity index is 355. The minimum Gasteiger partial charge on any atom is -0.493 e. The van der Waals surface area contributed by atoms with E-state index in [4.69, 9.17) is 4.74 Å². The van der Waals surface area contributed by atoms with Crippen LogP contribution in [0.25, 0.3) is 0 Å². The summed E-state index contributed by atoms with van der Waals surface area (Å²) in [6, 6.07) is 8.39. The maximum atomic E-state index is 5.95. The second-order valence-corrected chi connectivity index (χ2v) is 6.01. The van der Waals surface area contributed by atoms with Crippen LogP contribution in [0.2, 0.25) is 0 Å². The molecule has 0 aromatic heterocycles. The van der Waals surface area contributed by atoms with Crippen molar-refractivity contribution >= 4 is 0 Å². The summed E-state index contributed by atoms with van der Waals surface area (Å²) in [5.74, 6) is 1.04. The van der Waals surface area contributed by atoms with Gasteiger partial charge < -0.3 is 10.1 Å². The van der Waals surface area contributed by atoms with Gasteiger partial charge in [-0.05, 0) is 49.4 Å². The average Bonchev–Trinajstić information content (AvgIpc) is 2.37. The molecule has 2 nitrogen and oxygen atoms in total. The van der Waals surface area contributed by atoms with Crippen molar-refractivity contribution in [2.75, 3.05) is 19.7 Å². The molecule has 108 valence electrons. The van der Waals surface area contributed by atoms with Gasteiger partial charge in [0.25, 0.3) is 0 Å². The van der Waals surface area contributed by atoms with E-state index in [9.17, 15) is 0 Å². The minimum absolute atomic E-state index is 0.141. The van der Waals surface area contributed by atoms with Crippen LogP contribution < -0.4 is 10.1 Å². The molecule has 0 aliphatic rings. The average molecular weight is 263 g/mol. The molecule has 0 unspecified atom stereocenters. The Labute approximate surface area is 118 Å². The molecule has 0 spiro atoms. The number of benzene rings is 1. The molecule has 1 aromatic carbocycles. The Morgan fingerprint density at radius 3 is 2.47 bits per heavy atom. The third-order valence-corrected chi connectivity index (χ3v) is 3.20. The summed E-state index contributed by atoms with van der Waals surface area (Å²) < 4.78 is 5.95. The molecule has 0 bridgehead atoms. The maximum Gasteiger partial charge on any atom is 0.123 e. The van der Waals surface area contributed by atoms with Gasteiger partial charge in [-0.3, -0.25) is 0 Å². The molecule has 0 amide bonds. The van der Waals surface area contributed by atoms with E-state index in [1.54, 1.807) is 0 Å². The summed E-state index contributed by atoms with van der Waals surface area (Å²) in [5, 5.41) is 3.35. The Morgan fingerprint density at radius 1 is 1.05 bits per heavy atom. The lowest BCUT2D eigenvalue weighted by Crippen LogP contribution is -2.15. The summed E-state index contributed by atoms with van der Waals surface area (Å²) >= 11 is 0. The van der Waals surface area contributed by atoms with Crippen molar-refractivity contribution in [3.63, 3.8) is 0 Å². The highest BCUT2D eigenvalue weighted by Crippen LogP contribution is 2.30. The fourth-order valence-corrected chi connectivity index (χ4v) is 2.10. The largest absolute Gasteiger partial charge is 0.493 e.